The molecule has 0 amide bonds. The normalized spacial score (nSPS) is 11.3. The van der Waals surface area contributed by atoms with Crippen LogP contribution < -0.4 is 5.84 Å². The quantitative estimate of drug-likeness (QED) is 0.434. The van der Waals surface area contributed by atoms with Crippen LogP contribution in [0.1, 0.15) is 11.1 Å². The van der Waals surface area contributed by atoms with E-state index in [1.807, 2.05) is 0 Å². The van der Waals surface area contributed by atoms with Crippen LogP contribution in [0, 0.1) is 0 Å². The maximum absolute atomic E-state index is 12.1. The monoisotopic (exact) mass is 184 g/mol. The molecule has 13 heavy (non-hydrogen) atoms. The Bertz CT molecular complexity index is 297. The number of halogens is 2. The van der Waals surface area contributed by atoms with Gasteiger partial charge in [-0.25, -0.2) is 8.78 Å². The molecule has 0 unspecified atom stereocenters. The van der Waals surface area contributed by atoms with Crippen LogP contribution in [0.5, 0.6) is 0 Å². The SMILES string of the molecule is NN=Cc1ccccc1CC(F)F. The van der Waals surface area contributed by atoms with Crippen LogP contribution in [0.3, 0.4) is 0 Å². The van der Waals surface area contributed by atoms with Crippen LogP contribution >= 0.6 is 0 Å². The number of nitrogens with zero attached hydrogens (tertiary/aromatic N) is 1. The number of alkyl halides is 2. The van der Waals surface area contributed by atoms with Gasteiger partial charge >= 0.3 is 0 Å². The lowest BCUT2D eigenvalue weighted by atomic mass is 10.1. The molecule has 0 aliphatic carbocycles. The Morgan fingerprint density at radius 3 is 2.69 bits per heavy atom. The minimum Gasteiger partial charge on any atom is -0.323 e. The summed E-state index contributed by atoms with van der Waals surface area (Å²) in [5.74, 6) is 4.94. The summed E-state index contributed by atoms with van der Waals surface area (Å²) < 4.78 is 24.1. The molecular formula is C9H10F2N2. The number of rotatable bonds is 3. The molecule has 0 atom stereocenters. The Morgan fingerprint density at radius 1 is 1.38 bits per heavy atom. The Hall–Kier alpha value is -1.45. The fourth-order valence-corrected chi connectivity index (χ4v) is 1.09. The van der Waals surface area contributed by atoms with Crippen molar-refractivity contribution in [3.05, 3.63) is 35.4 Å². The van der Waals surface area contributed by atoms with E-state index in [-0.39, 0.29) is 6.42 Å². The molecular weight excluding hydrogens is 174 g/mol. The van der Waals surface area contributed by atoms with Gasteiger partial charge in [0.05, 0.1) is 6.21 Å². The lowest BCUT2D eigenvalue weighted by Crippen LogP contribution is -2.01. The Morgan fingerprint density at radius 2 is 2.08 bits per heavy atom. The van der Waals surface area contributed by atoms with Gasteiger partial charge in [0.15, 0.2) is 0 Å². The van der Waals surface area contributed by atoms with Crippen LogP contribution in [-0.2, 0) is 6.42 Å². The number of nitrogens with two attached hydrogens (primary N) is 1. The molecule has 0 bridgehead atoms. The molecule has 0 saturated carbocycles. The highest BCUT2D eigenvalue weighted by molar-refractivity contribution is 5.81. The third-order valence-electron chi connectivity index (χ3n) is 1.64. The number of hydrogen-bond donors (Lipinski definition) is 1. The van der Waals surface area contributed by atoms with Crippen LogP contribution in [0.25, 0.3) is 0 Å². The van der Waals surface area contributed by atoms with Crippen molar-refractivity contribution in [1.82, 2.24) is 0 Å². The van der Waals surface area contributed by atoms with Crippen molar-refractivity contribution >= 4 is 6.21 Å². The van der Waals surface area contributed by atoms with Crippen molar-refractivity contribution in [1.29, 1.82) is 0 Å². The molecule has 1 aromatic carbocycles. The molecule has 2 nitrogen and oxygen atoms in total. The Kier molecular flexibility index (Phi) is 3.37. The van der Waals surface area contributed by atoms with Gasteiger partial charge in [0.25, 0.3) is 0 Å². The lowest BCUT2D eigenvalue weighted by Gasteiger charge is -2.03. The van der Waals surface area contributed by atoms with E-state index < -0.39 is 6.43 Å². The van der Waals surface area contributed by atoms with Gasteiger partial charge in [-0.1, -0.05) is 24.3 Å². The van der Waals surface area contributed by atoms with E-state index in [0.717, 1.165) is 0 Å². The van der Waals surface area contributed by atoms with E-state index in [0.29, 0.717) is 11.1 Å². The number of benzene rings is 1. The predicted molar refractivity (Wildman–Crippen MR) is 47.9 cm³/mol. The van der Waals surface area contributed by atoms with Crippen LogP contribution in [0.2, 0.25) is 0 Å². The molecule has 0 radical (unpaired) electrons. The van der Waals surface area contributed by atoms with Gasteiger partial charge in [-0.3, -0.25) is 0 Å². The van der Waals surface area contributed by atoms with Gasteiger partial charge in [0.1, 0.15) is 0 Å². The zero-order valence-corrected chi connectivity index (χ0v) is 6.95. The lowest BCUT2D eigenvalue weighted by molar-refractivity contribution is 0.149. The zero-order valence-electron chi connectivity index (χ0n) is 6.95. The van der Waals surface area contributed by atoms with Crippen molar-refractivity contribution in [2.75, 3.05) is 0 Å². The fraction of sp³-hybridized carbons (Fsp3) is 0.222. The summed E-state index contributed by atoms with van der Waals surface area (Å²) in [5, 5.41) is 3.30. The van der Waals surface area contributed by atoms with E-state index in [1.54, 1.807) is 24.3 Å². The first kappa shape index (κ1) is 9.64. The summed E-state index contributed by atoms with van der Waals surface area (Å²) in [6.45, 7) is 0. The molecule has 0 spiro atoms. The topological polar surface area (TPSA) is 38.4 Å². The molecule has 0 heterocycles. The van der Waals surface area contributed by atoms with Crippen molar-refractivity contribution in [3.8, 4) is 0 Å². The van der Waals surface area contributed by atoms with Gasteiger partial charge in [0.2, 0.25) is 6.43 Å². The number of hydrogen-bond acceptors (Lipinski definition) is 2. The minimum atomic E-state index is -2.34. The Labute approximate surface area is 75.1 Å². The molecule has 2 N–H and O–H groups in total. The molecule has 0 aromatic heterocycles. The molecule has 1 aromatic rings. The standard InChI is InChI=1S/C9H10F2N2/c10-9(11)5-7-3-1-2-4-8(7)6-13-12/h1-4,6,9H,5,12H2. The maximum Gasteiger partial charge on any atom is 0.242 e. The molecule has 0 aliphatic heterocycles. The highest BCUT2D eigenvalue weighted by atomic mass is 19.3. The molecule has 1 rings (SSSR count). The van der Waals surface area contributed by atoms with Gasteiger partial charge < -0.3 is 5.84 Å². The van der Waals surface area contributed by atoms with Crippen molar-refractivity contribution in [2.24, 2.45) is 10.9 Å². The van der Waals surface area contributed by atoms with Crippen molar-refractivity contribution in [2.45, 2.75) is 12.8 Å². The van der Waals surface area contributed by atoms with Gasteiger partial charge in [-0.05, 0) is 11.1 Å². The first-order valence-corrected chi connectivity index (χ1v) is 3.83. The second-order valence-corrected chi connectivity index (χ2v) is 2.57. The predicted octanol–water partition coefficient (Wildman–Crippen LogP) is 1.79. The first-order chi connectivity index (χ1) is 6.24. The van der Waals surface area contributed by atoms with Crippen LogP contribution in [0.15, 0.2) is 29.4 Å². The zero-order chi connectivity index (χ0) is 9.68. The summed E-state index contributed by atoms with van der Waals surface area (Å²) in [7, 11) is 0. The average Bonchev–Trinajstić information content (AvgIpc) is 2.08. The maximum atomic E-state index is 12.1. The van der Waals surface area contributed by atoms with Crippen LogP contribution in [0.4, 0.5) is 8.78 Å². The highest BCUT2D eigenvalue weighted by Gasteiger charge is 2.06. The van der Waals surface area contributed by atoms with Gasteiger partial charge in [-0.15, -0.1) is 0 Å². The second-order valence-electron chi connectivity index (χ2n) is 2.57. The third-order valence-corrected chi connectivity index (χ3v) is 1.64. The van der Waals surface area contributed by atoms with E-state index in [1.165, 1.54) is 6.21 Å². The van der Waals surface area contributed by atoms with E-state index >= 15 is 0 Å². The summed E-state index contributed by atoms with van der Waals surface area (Å²) in [6, 6.07) is 6.81. The van der Waals surface area contributed by atoms with Gasteiger partial charge in [0, 0.05) is 6.42 Å². The number of hydrazone groups is 1. The fourth-order valence-electron chi connectivity index (χ4n) is 1.09. The smallest absolute Gasteiger partial charge is 0.242 e. The molecule has 0 saturated heterocycles. The molecule has 0 fully saturated rings. The average molecular weight is 184 g/mol. The van der Waals surface area contributed by atoms with Crippen molar-refractivity contribution < 1.29 is 8.78 Å². The minimum absolute atomic E-state index is 0.262. The Balaban J connectivity index is 2.90. The second kappa shape index (κ2) is 4.54. The summed E-state index contributed by atoms with van der Waals surface area (Å²) >= 11 is 0. The summed E-state index contributed by atoms with van der Waals surface area (Å²) in [6.07, 6.45) is -1.23. The molecule has 4 heteroatoms. The van der Waals surface area contributed by atoms with Crippen molar-refractivity contribution in [3.63, 3.8) is 0 Å². The summed E-state index contributed by atoms with van der Waals surface area (Å²) in [4.78, 5) is 0. The van der Waals surface area contributed by atoms with E-state index in [2.05, 4.69) is 5.10 Å². The van der Waals surface area contributed by atoms with E-state index in [9.17, 15) is 8.78 Å². The van der Waals surface area contributed by atoms with Crippen LogP contribution in [-0.4, -0.2) is 12.6 Å². The van der Waals surface area contributed by atoms with E-state index in [4.69, 9.17) is 5.84 Å². The highest BCUT2D eigenvalue weighted by Crippen LogP contribution is 2.11. The molecule has 0 aliphatic rings. The first-order valence-electron chi connectivity index (χ1n) is 3.83. The molecule has 70 valence electrons. The van der Waals surface area contributed by atoms with Gasteiger partial charge in [-0.2, -0.15) is 5.10 Å². The summed E-state index contributed by atoms with van der Waals surface area (Å²) in [5.41, 5.74) is 1.21. The largest absolute Gasteiger partial charge is 0.323 e. The third kappa shape index (κ3) is 2.82.